The average Bonchev–Trinajstić information content (AvgIpc) is 3.19. The van der Waals surface area contributed by atoms with E-state index in [1.807, 2.05) is 32.3 Å². The second-order valence-electron chi connectivity index (χ2n) is 6.62. The lowest BCUT2D eigenvalue weighted by Crippen LogP contribution is -2.36. The highest BCUT2D eigenvalue weighted by Crippen LogP contribution is 2.29. The van der Waals surface area contributed by atoms with E-state index in [2.05, 4.69) is 32.3 Å². The lowest BCUT2D eigenvalue weighted by atomic mass is 10.1. The quantitative estimate of drug-likeness (QED) is 0.863. The van der Waals surface area contributed by atoms with Gasteiger partial charge in [-0.25, -0.2) is 9.97 Å². The molecule has 2 N–H and O–H groups in total. The highest BCUT2D eigenvalue weighted by Gasteiger charge is 2.47. The number of aliphatic hydroxyl groups excluding tert-OH is 1. The first-order valence-electron chi connectivity index (χ1n) is 8.40. The molecule has 7 heteroatoms. The van der Waals surface area contributed by atoms with Crippen LogP contribution in [0.25, 0.3) is 11.3 Å². The van der Waals surface area contributed by atoms with Crippen molar-refractivity contribution >= 4 is 11.6 Å². The van der Waals surface area contributed by atoms with Crippen LogP contribution in [0.5, 0.6) is 0 Å². The summed E-state index contributed by atoms with van der Waals surface area (Å²) in [5.41, 5.74) is 3.03. The molecule has 132 valence electrons. The highest BCUT2D eigenvalue weighted by molar-refractivity contribution is 5.63. The van der Waals surface area contributed by atoms with E-state index >= 15 is 0 Å². The number of nitrogens with one attached hydrogen (secondary N) is 1. The fourth-order valence-corrected chi connectivity index (χ4v) is 3.29. The lowest BCUT2D eigenvalue weighted by Gasteiger charge is -2.17. The second kappa shape index (κ2) is 6.59. The van der Waals surface area contributed by atoms with E-state index < -0.39 is 6.10 Å². The largest absolute Gasteiger partial charge is 0.388 e. The summed E-state index contributed by atoms with van der Waals surface area (Å²) in [6, 6.07) is 10.0. The number of anilines is 2. The Hall–Kier alpha value is -2.22. The standard InChI is InChI=1S/C18H22N4O3/c1-22(2)12-5-3-11(4-6-12)13-7-8-19-18(20-13)21-14-9-24-17-15(23)10-25-16(14)17/h3-8,14-17,23H,9-10H2,1-2H3,(H,19,20,21)/t14-,15-,16-,17+/m1/s1. The molecule has 0 spiro atoms. The first kappa shape index (κ1) is 16.3. The Morgan fingerprint density at radius 2 is 1.84 bits per heavy atom. The van der Waals surface area contributed by atoms with Crippen LogP contribution in [0.15, 0.2) is 36.5 Å². The normalized spacial score (nSPS) is 28.0. The molecular weight excluding hydrogens is 320 g/mol. The first-order chi connectivity index (χ1) is 12.1. The van der Waals surface area contributed by atoms with Crippen LogP contribution in [0.1, 0.15) is 0 Å². The molecule has 7 nitrogen and oxygen atoms in total. The van der Waals surface area contributed by atoms with Gasteiger partial charge in [-0.2, -0.15) is 0 Å². The summed E-state index contributed by atoms with van der Waals surface area (Å²) in [6.07, 6.45) is 0.752. The van der Waals surface area contributed by atoms with Crippen LogP contribution >= 0.6 is 0 Å². The summed E-state index contributed by atoms with van der Waals surface area (Å²) in [6.45, 7) is 0.782. The summed E-state index contributed by atoms with van der Waals surface area (Å²) >= 11 is 0. The van der Waals surface area contributed by atoms with Crippen molar-refractivity contribution in [3.05, 3.63) is 36.5 Å². The van der Waals surface area contributed by atoms with Crippen molar-refractivity contribution in [2.24, 2.45) is 0 Å². The van der Waals surface area contributed by atoms with E-state index in [1.165, 1.54) is 0 Å². The number of benzene rings is 1. The van der Waals surface area contributed by atoms with Crippen LogP contribution in [-0.2, 0) is 9.47 Å². The Morgan fingerprint density at radius 3 is 2.60 bits per heavy atom. The predicted molar refractivity (Wildman–Crippen MR) is 94.7 cm³/mol. The maximum absolute atomic E-state index is 9.82. The van der Waals surface area contributed by atoms with E-state index in [0.717, 1.165) is 16.9 Å². The Kier molecular flexibility index (Phi) is 4.29. The number of nitrogens with zero attached hydrogens (tertiary/aromatic N) is 3. The van der Waals surface area contributed by atoms with Crippen LogP contribution in [-0.4, -0.2) is 66.7 Å². The van der Waals surface area contributed by atoms with E-state index in [-0.39, 0.29) is 18.2 Å². The van der Waals surface area contributed by atoms with Gasteiger partial charge in [-0.05, 0) is 18.2 Å². The van der Waals surface area contributed by atoms with Crippen molar-refractivity contribution in [3.8, 4) is 11.3 Å². The molecule has 0 saturated carbocycles. The smallest absolute Gasteiger partial charge is 0.223 e. The Morgan fingerprint density at radius 1 is 1.08 bits per heavy atom. The second-order valence-corrected chi connectivity index (χ2v) is 6.62. The van der Waals surface area contributed by atoms with Gasteiger partial charge in [-0.3, -0.25) is 0 Å². The topological polar surface area (TPSA) is 79.7 Å². The number of fused-ring (bicyclic) bond motifs is 1. The third kappa shape index (κ3) is 3.18. The minimum atomic E-state index is -0.556. The number of hydrogen-bond donors (Lipinski definition) is 2. The number of rotatable bonds is 4. The van der Waals surface area contributed by atoms with Crippen molar-refractivity contribution < 1.29 is 14.6 Å². The van der Waals surface area contributed by atoms with Gasteiger partial charge in [0.05, 0.1) is 24.9 Å². The molecule has 4 rings (SSSR count). The van der Waals surface area contributed by atoms with E-state index in [9.17, 15) is 5.11 Å². The molecule has 1 aromatic heterocycles. The summed E-state index contributed by atoms with van der Waals surface area (Å²) in [5.74, 6) is 0.536. The maximum atomic E-state index is 9.82. The van der Waals surface area contributed by atoms with Gasteiger partial charge in [0.2, 0.25) is 5.95 Å². The van der Waals surface area contributed by atoms with Gasteiger partial charge in [0.25, 0.3) is 0 Å². The molecule has 0 unspecified atom stereocenters. The summed E-state index contributed by atoms with van der Waals surface area (Å²) < 4.78 is 11.3. The fourth-order valence-electron chi connectivity index (χ4n) is 3.29. The highest BCUT2D eigenvalue weighted by atomic mass is 16.6. The summed E-state index contributed by atoms with van der Waals surface area (Å²) in [5, 5.41) is 13.1. The average molecular weight is 342 g/mol. The van der Waals surface area contributed by atoms with E-state index in [1.54, 1.807) is 6.20 Å². The van der Waals surface area contributed by atoms with Gasteiger partial charge in [-0.1, -0.05) is 12.1 Å². The monoisotopic (exact) mass is 342 g/mol. The van der Waals surface area contributed by atoms with Crippen LogP contribution in [0, 0.1) is 0 Å². The molecule has 0 amide bonds. The SMILES string of the molecule is CN(C)c1ccc(-c2ccnc(N[C@@H]3CO[C@@H]4[C@@H]3OC[C@H]4O)n2)cc1. The van der Waals surface area contributed by atoms with E-state index in [4.69, 9.17) is 9.47 Å². The minimum absolute atomic E-state index is 0.0616. The van der Waals surface area contributed by atoms with Crippen molar-refractivity contribution in [2.45, 2.75) is 24.4 Å². The molecule has 4 atom stereocenters. The third-order valence-corrected chi connectivity index (χ3v) is 4.68. The molecule has 2 fully saturated rings. The number of aliphatic hydroxyl groups is 1. The van der Waals surface area contributed by atoms with Gasteiger partial charge in [0.15, 0.2) is 0 Å². The van der Waals surface area contributed by atoms with Gasteiger partial charge < -0.3 is 24.8 Å². The molecule has 2 aliphatic rings. The fraction of sp³-hybridized carbons (Fsp3) is 0.444. The zero-order chi connectivity index (χ0) is 17.4. The zero-order valence-electron chi connectivity index (χ0n) is 14.3. The van der Waals surface area contributed by atoms with Crippen LogP contribution in [0.3, 0.4) is 0 Å². The van der Waals surface area contributed by atoms with E-state index in [0.29, 0.717) is 19.2 Å². The predicted octanol–water partition coefficient (Wildman–Crippen LogP) is 1.15. The molecule has 25 heavy (non-hydrogen) atoms. The van der Waals surface area contributed by atoms with Gasteiger partial charge >= 0.3 is 0 Å². The molecule has 0 radical (unpaired) electrons. The lowest BCUT2D eigenvalue weighted by molar-refractivity contribution is 0.0184. The minimum Gasteiger partial charge on any atom is -0.388 e. The molecule has 0 aliphatic carbocycles. The number of aromatic nitrogens is 2. The first-order valence-corrected chi connectivity index (χ1v) is 8.40. The van der Waals surface area contributed by atoms with Gasteiger partial charge in [0, 0.05) is 31.5 Å². The molecule has 3 heterocycles. The number of hydrogen-bond acceptors (Lipinski definition) is 7. The molecule has 2 aromatic rings. The van der Waals surface area contributed by atoms with Crippen LogP contribution < -0.4 is 10.2 Å². The molecular formula is C18H22N4O3. The zero-order valence-corrected chi connectivity index (χ0v) is 14.3. The molecule has 0 bridgehead atoms. The Balaban J connectivity index is 1.50. The van der Waals surface area contributed by atoms with Crippen molar-refractivity contribution in [1.29, 1.82) is 0 Å². The molecule has 1 aromatic carbocycles. The van der Waals surface area contributed by atoms with Gasteiger partial charge in [0.1, 0.15) is 18.3 Å². The number of ether oxygens (including phenoxy) is 2. The summed E-state index contributed by atoms with van der Waals surface area (Å²) in [7, 11) is 4.03. The Labute approximate surface area is 146 Å². The Bertz CT molecular complexity index is 737. The molecule has 2 saturated heterocycles. The molecule has 2 aliphatic heterocycles. The maximum Gasteiger partial charge on any atom is 0.223 e. The third-order valence-electron chi connectivity index (χ3n) is 4.68. The van der Waals surface area contributed by atoms with Crippen molar-refractivity contribution in [2.75, 3.05) is 37.5 Å². The van der Waals surface area contributed by atoms with Crippen molar-refractivity contribution in [1.82, 2.24) is 9.97 Å². The van der Waals surface area contributed by atoms with Crippen LogP contribution in [0.4, 0.5) is 11.6 Å². The summed E-state index contributed by atoms with van der Waals surface area (Å²) in [4.78, 5) is 11.0. The van der Waals surface area contributed by atoms with Crippen molar-refractivity contribution in [3.63, 3.8) is 0 Å². The van der Waals surface area contributed by atoms with Gasteiger partial charge in [-0.15, -0.1) is 0 Å². The van der Waals surface area contributed by atoms with Crippen LogP contribution in [0.2, 0.25) is 0 Å².